The van der Waals surface area contributed by atoms with Crippen molar-refractivity contribution in [2.45, 2.75) is 18.1 Å². The largest absolute Gasteiger partial charge is 0.487 e. The predicted molar refractivity (Wildman–Crippen MR) is 132 cm³/mol. The number of anilines is 4. The van der Waals surface area contributed by atoms with Gasteiger partial charge in [-0.2, -0.15) is 0 Å². The van der Waals surface area contributed by atoms with Gasteiger partial charge in [0.1, 0.15) is 5.75 Å². The van der Waals surface area contributed by atoms with Crippen LogP contribution in [0.4, 0.5) is 31.7 Å². The van der Waals surface area contributed by atoms with Crippen molar-refractivity contribution in [2.75, 3.05) is 35.7 Å². The van der Waals surface area contributed by atoms with Crippen molar-refractivity contribution in [3.63, 3.8) is 0 Å². The van der Waals surface area contributed by atoms with E-state index in [1.54, 1.807) is 18.2 Å². The number of alkyl halides is 3. The zero-order chi connectivity index (χ0) is 26.6. The second-order valence-corrected chi connectivity index (χ2v) is 8.47. The first-order chi connectivity index (χ1) is 17.6. The van der Waals surface area contributed by atoms with Crippen LogP contribution in [0.25, 0.3) is 0 Å². The highest BCUT2D eigenvalue weighted by molar-refractivity contribution is 6.20. The highest BCUT2D eigenvalue weighted by Crippen LogP contribution is 2.32. The molecule has 1 atom stereocenters. The monoisotopic (exact) mass is 533 g/mol. The van der Waals surface area contributed by atoms with Gasteiger partial charge in [0.15, 0.2) is 11.5 Å². The topological polar surface area (TPSA) is 126 Å². The molecular formula is C24H22ClF2N5O5. The van der Waals surface area contributed by atoms with Gasteiger partial charge >= 0.3 is 11.5 Å². The van der Waals surface area contributed by atoms with Crippen molar-refractivity contribution in [1.29, 1.82) is 0 Å². The molecule has 37 heavy (non-hydrogen) atoms. The third-order valence-electron chi connectivity index (χ3n) is 5.39. The van der Waals surface area contributed by atoms with Gasteiger partial charge in [0.2, 0.25) is 0 Å². The zero-order valence-corrected chi connectivity index (χ0v) is 20.2. The van der Waals surface area contributed by atoms with Crippen LogP contribution in [0.3, 0.4) is 0 Å². The minimum atomic E-state index is -3.85. The van der Waals surface area contributed by atoms with E-state index < -0.39 is 23.5 Å². The van der Waals surface area contributed by atoms with E-state index in [-0.39, 0.29) is 17.0 Å². The summed E-state index contributed by atoms with van der Waals surface area (Å²) in [5.74, 6) is -0.890. The summed E-state index contributed by atoms with van der Waals surface area (Å²) in [5.41, 5.74) is -2.60. The number of rotatable bonds is 8. The van der Waals surface area contributed by atoms with Gasteiger partial charge in [-0.05, 0) is 48.9 Å². The first-order valence-electron chi connectivity index (χ1n) is 11.0. The Morgan fingerprint density at radius 3 is 2.59 bits per heavy atom. The molecule has 1 aliphatic rings. The fourth-order valence-electron chi connectivity index (χ4n) is 3.71. The molecule has 0 saturated carbocycles. The van der Waals surface area contributed by atoms with E-state index in [4.69, 9.17) is 16.3 Å². The number of carbonyl (C=O) groups excluding carboxylic acids is 2. The standard InChI is InChI=1S/C24H22ClF2N5O5/c1-36-23(35)20-18(3-2-9-28-20)31-19-11-14(12-29-21(19)32-10-8-16(33)13-32)22(34)30-15-4-6-17(7-5-15)37-24(25,26)27/h2-7,9,11-12,16,31,33H,8,10,13H2,1H3,(H,30,34)/t16-/m1/s1. The van der Waals surface area contributed by atoms with Crippen LogP contribution in [0.15, 0.2) is 54.9 Å². The number of ether oxygens (including phenoxy) is 2. The van der Waals surface area contributed by atoms with Crippen molar-refractivity contribution in [1.82, 2.24) is 9.97 Å². The van der Waals surface area contributed by atoms with Gasteiger partial charge < -0.3 is 30.1 Å². The molecule has 1 saturated heterocycles. The Hall–Kier alpha value is -4.03. The van der Waals surface area contributed by atoms with Crippen LogP contribution in [-0.2, 0) is 4.74 Å². The summed E-state index contributed by atoms with van der Waals surface area (Å²) in [5, 5.41) is 15.8. The highest BCUT2D eigenvalue weighted by Gasteiger charge is 2.28. The quantitative estimate of drug-likeness (QED) is 0.291. The van der Waals surface area contributed by atoms with E-state index in [2.05, 4.69) is 25.3 Å². The molecule has 3 heterocycles. The maximum Gasteiger partial charge on any atom is 0.487 e. The molecule has 1 amide bonds. The molecule has 3 aromatic rings. The van der Waals surface area contributed by atoms with Gasteiger partial charge in [-0.15, -0.1) is 8.78 Å². The summed E-state index contributed by atoms with van der Waals surface area (Å²) in [4.78, 5) is 35.5. The van der Waals surface area contributed by atoms with Crippen LogP contribution < -0.4 is 20.3 Å². The van der Waals surface area contributed by atoms with Gasteiger partial charge in [0, 0.05) is 42.8 Å². The number of nitrogens with zero attached hydrogens (tertiary/aromatic N) is 3. The summed E-state index contributed by atoms with van der Waals surface area (Å²) >= 11 is 4.76. The third-order valence-corrected chi connectivity index (χ3v) is 5.47. The molecule has 1 fully saturated rings. The van der Waals surface area contributed by atoms with Crippen molar-refractivity contribution in [2.24, 2.45) is 0 Å². The van der Waals surface area contributed by atoms with Crippen molar-refractivity contribution < 1.29 is 33.0 Å². The SMILES string of the molecule is COC(=O)c1ncccc1Nc1cc(C(=O)Nc2ccc(OC(F)(F)Cl)cc2)cnc1N1CC[C@@H](O)C1. The molecule has 4 rings (SSSR count). The van der Waals surface area contributed by atoms with Crippen LogP contribution >= 0.6 is 11.6 Å². The molecule has 194 valence electrons. The lowest BCUT2D eigenvalue weighted by Gasteiger charge is -2.22. The lowest BCUT2D eigenvalue weighted by Crippen LogP contribution is -2.24. The lowest BCUT2D eigenvalue weighted by molar-refractivity contribution is -0.0964. The molecule has 0 spiro atoms. The molecular weight excluding hydrogens is 512 g/mol. The molecule has 3 N–H and O–H groups in total. The number of hydrogen-bond acceptors (Lipinski definition) is 9. The maximum absolute atomic E-state index is 12.9. The second-order valence-electron chi connectivity index (χ2n) is 8.03. The number of aliphatic hydroxyl groups excluding tert-OH is 1. The molecule has 1 aliphatic heterocycles. The summed E-state index contributed by atoms with van der Waals surface area (Å²) in [6.45, 7) is 0.890. The Balaban J connectivity index is 1.61. The Morgan fingerprint density at radius 2 is 1.95 bits per heavy atom. The van der Waals surface area contributed by atoms with Gasteiger partial charge in [0.05, 0.1) is 30.2 Å². The number of esters is 1. The summed E-state index contributed by atoms with van der Waals surface area (Å²) in [6.07, 6.45) is 2.85. The molecule has 0 bridgehead atoms. The van der Waals surface area contributed by atoms with Crippen molar-refractivity contribution in [3.8, 4) is 5.75 Å². The number of methoxy groups -OCH3 is 1. The fraction of sp³-hybridized carbons (Fsp3) is 0.250. The first-order valence-corrected chi connectivity index (χ1v) is 11.4. The van der Waals surface area contributed by atoms with Crippen molar-refractivity contribution >= 4 is 46.4 Å². The molecule has 0 radical (unpaired) electrons. The van der Waals surface area contributed by atoms with Gasteiger partial charge in [-0.25, -0.2) is 14.8 Å². The average molecular weight is 534 g/mol. The minimum Gasteiger partial charge on any atom is -0.464 e. The number of nitrogens with one attached hydrogen (secondary N) is 2. The number of carbonyl (C=O) groups is 2. The number of aliphatic hydroxyl groups is 1. The number of amides is 1. The molecule has 10 nitrogen and oxygen atoms in total. The number of β-amino-alcohol motifs (C(OH)–C–C–N with tert-alkyl or cyclic N) is 1. The Bertz CT molecular complexity index is 1290. The van der Waals surface area contributed by atoms with Gasteiger partial charge in [0.25, 0.3) is 5.91 Å². The molecule has 0 unspecified atom stereocenters. The minimum absolute atomic E-state index is 0.0390. The summed E-state index contributed by atoms with van der Waals surface area (Å²) in [6, 6.07) is 10.0. The van der Waals surface area contributed by atoms with Crippen molar-refractivity contribution in [3.05, 3.63) is 66.1 Å². The Morgan fingerprint density at radius 1 is 1.19 bits per heavy atom. The number of pyridine rings is 2. The lowest BCUT2D eigenvalue weighted by atomic mass is 10.2. The van der Waals surface area contributed by atoms with E-state index in [1.165, 1.54) is 43.8 Å². The second kappa shape index (κ2) is 10.9. The van der Waals surface area contributed by atoms with Gasteiger partial charge in [-0.1, -0.05) is 0 Å². The van der Waals surface area contributed by atoms with Crippen LogP contribution in [-0.4, -0.2) is 58.8 Å². The van der Waals surface area contributed by atoms with E-state index in [0.717, 1.165) is 0 Å². The van der Waals surface area contributed by atoms with Gasteiger partial charge in [-0.3, -0.25) is 4.79 Å². The highest BCUT2D eigenvalue weighted by atomic mass is 35.5. The number of halogens is 3. The van der Waals surface area contributed by atoms with E-state index in [1.807, 2.05) is 4.90 Å². The third kappa shape index (κ3) is 6.60. The first kappa shape index (κ1) is 26.0. The van der Waals surface area contributed by atoms with Crippen LogP contribution in [0.2, 0.25) is 0 Å². The smallest absolute Gasteiger partial charge is 0.464 e. The molecule has 1 aromatic carbocycles. The van der Waals surface area contributed by atoms with Crippen LogP contribution in [0, 0.1) is 0 Å². The van der Waals surface area contributed by atoms with Crippen LogP contribution in [0.5, 0.6) is 5.75 Å². The van der Waals surface area contributed by atoms with E-state index >= 15 is 0 Å². The normalized spacial score (nSPS) is 15.3. The predicted octanol–water partition coefficient (Wildman–Crippen LogP) is 4.00. The number of aromatic nitrogens is 2. The number of benzene rings is 1. The zero-order valence-electron chi connectivity index (χ0n) is 19.5. The Labute approximate surface area is 215 Å². The fourth-order valence-corrected chi connectivity index (χ4v) is 3.80. The molecule has 13 heteroatoms. The maximum atomic E-state index is 12.9. The molecule has 0 aliphatic carbocycles. The summed E-state index contributed by atoms with van der Waals surface area (Å²) in [7, 11) is 1.24. The van der Waals surface area contributed by atoms with Crippen LogP contribution in [0.1, 0.15) is 27.3 Å². The summed E-state index contributed by atoms with van der Waals surface area (Å²) < 4.78 is 34.7. The van der Waals surface area contributed by atoms with E-state index in [9.17, 15) is 23.5 Å². The van der Waals surface area contributed by atoms with E-state index in [0.29, 0.717) is 42.4 Å². The average Bonchev–Trinajstić information content (AvgIpc) is 3.30. The Kier molecular flexibility index (Phi) is 7.69. The molecule has 2 aromatic heterocycles. The number of hydrogen-bond donors (Lipinski definition) is 3.